The molecule has 3 rings (SSSR count). The van der Waals surface area contributed by atoms with E-state index in [0.29, 0.717) is 24.8 Å². The molecule has 2 aromatic carbocycles. The number of hydrogen-bond donors (Lipinski definition) is 0. The molecule has 0 N–H and O–H groups in total. The van der Waals surface area contributed by atoms with Crippen molar-refractivity contribution in [2.45, 2.75) is 57.9 Å². The highest BCUT2D eigenvalue weighted by Crippen LogP contribution is 2.35. The van der Waals surface area contributed by atoms with E-state index in [9.17, 15) is 35.9 Å². The third kappa shape index (κ3) is 8.48. The maximum Gasteiger partial charge on any atom is 0.573 e. The highest BCUT2D eigenvalue weighted by atomic mass is 19.4. The Morgan fingerprint density at radius 1 is 0.914 bits per heavy atom. The molecular weight excluding hydrogens is 482 g/mol. The van der Waals surface area contributed by atoms with Gasteiger partial charge in [0.15, 0.2) is 5.78 Å². The Morgan fingerprint density at radius 3 is 2.20 bits per heavy atom. The lowest BCUT2D eigenvalue weighted by Gasteiger charge is -2.17. The van der Waals surface area contributed by atoms with Crippen molar-refractivity contribution in [3.8, 4) is 17.2 Å². The minimum absolute atomic E-state index is 0.0317. The second kappa shape index (κ2) is 10.6. The smallest absolute Gasteiger partial charge is 0.490 e. The molecule has 5 nitrogen and oxygen atoms in total. The van der Waals surface area contributed by atoms with Crippen LogP contribution in [0.3, 0.4) is 0 Å². The van der Waals surface area contributed by atoms with E-state index in [1.165, 1.54) is 31.2 Å². The van der Waals surface area contributed by atoms with Gasteiger partial charge in [0, 0.05) is 12.8 Å². The van der Waals surface area contributed by atoms with Gasteiger partial charge in [0.05, 0.1) is 11.7 Å². The summed E-state index contributed by atoms with van der Waals surface area (Å²) in [4.78, 5) is 24.4. The summed E-state index contributed by atoms with van der Waals surface area (Å²) in [7, 11) is 0. The fourth-order valence-corrected chi connectivity index (χ4v) is 4.06. The van der Waals surface area contributed by atoms with Crippen LogP contribution < -0.4 is 14.2 Å². The second-order valence-corrected chi connectivity index (χ2v) is 8.30. The molecule has 0 bridgehead atoms. The van der Waals surface area contributed by atoms with Crippen molar-refractivity contribution in [3.05, 3.63) is 53.6 Å². The van der Waals surface area contributed by atoms with Crippen LogP contribution in [0.5, 0.6) is 17.2 Å². The zero-order chi connectivity index (χ0) is 25.8. The molecule has 0 radical (unpaired) electrons. The monoisotopic (exact) mass is 504 g/mol. The molecule has 2 atom stereocenters. The molecule has 11 heteroatoms. The lowest BCUT2D eigenvalue weighted by molar-refractivity contribution is -0.275. The number of benzene rings is 2. The molecular formula is C24H22F6O5. The Balaban J connectivity index is 1.56. The maximum absolute atomic E-state index is 12.5. The second-order valence-electron chi connectivity index (χ2n) is 8.30. The van der Waals surface area contributed by atoms with Crippen LogP contribution in [0.2, 0.25) is 0 Å². The predicted octanol–water partition coefficient (Wildman–Crippen LogP) is 6.44. The zero-order valence-electron chi connectivity index (χ0n) is 18.5. The fraction of sp³-hybridized carbons (Fsp3) is 0.417. The predicted molar refractivity (Wildman–Crippen MR) is 111 cm³/mol. The number of Topliss-reactive ketones (excluding diaryl/α,β-unsaturated/α-hetero) is 2. The van der Waals surface area contributed by atoms with Crippen LogP contribution in [0.25, 0.3) is 0 Å². The Labute approximate surface area is 197 Å². The first kappa shape index (κ1) is 26.4. The van der Waals surface area contributed by atoms with Crippen molar-refractivity contribution in [1.82, 2.24) is 0 Å². The Bertz CT molecular complexity index is 1060. The van der Waals surface area contributed by atoms with E-state index in [1.807, 2.05) is 0 Å². The number of rotatable bonds is 9. The van der Waals surface area contributed by atoms with E-state index in [0.717, 1.165) is 18.2 Å². The molecule has 0 saturated heterocycles. The molecule has 0 spiro atoms. The number of carbonyl (C=O) groups is 2. The number of alkyl halides is 6. The summed E-state index contributed by atoms with van der Waals surface area (Å²) in [6.45, 7) is 1.20. The van der Waals surface area contributed by atoms with Crippen molar-refractivity contribution in [2.75, 3.05) is 0 Å². The summed E-state index contributed by atoms with van der Waals surface area (Å²) >= 11 is 0. The summed E-state index contributed by atoms with van der Waals surface area (Å²) in [6.07, 6.45) is -8.20. The first-order valence-electron chi connectivity index (χ1n) is 10.7. The molecule has 0 amide bonds. The molecule has 190 valence electrons. The lowest BCUT2D eigenvalue weighted by atomic mass is 9.97. The van der Waals surface area contributed by atoms with E-state index >= 15 is 0 Å². The van der Waals surface area contributed by atoms with E-state index in [4.69, 9.17) is 4.74 Å². The van der Waals surface area contributed by atoms with Gasteiger partial charge in [-0.05, 0) is 68.0 Å². The van der Waals surface area contributed by atoms with Crippen molar-refractivity contribution >= 4 is 11.6 Å². The largest absolute Gasteiger partial charge is 0.573 e. The number of carbonyl (C=O) groups excluding carboxylic acids is 2. The van der Waals surface area contributed by atoms with Gasteiger partial charge >= 0.3 is 12.7 Å². The molecule has 1 aliphatic rings. The zero-order valence-corrected chi connectivity index (χ0v) is 18.5. The van der Waals surface area contributed by atoms with Gasteiger partial charge in [-0.3, -0.25) is 9.59 Å². The molecule has 1 saturated carbocycles. The first-order chi connectivity index (χ1) is 16.3. The summed E-state index contributed by atoms with van der Waals surface area (Å²) in [5.41, 5.74) is 0.349. The molecule has 2 aromatic rings. The van der Waals surface area contributed by atoms with Crippen LogP contribution in [0.4, 0.5) is 26.3 Å². The van der Waals surface area contributed by atoms with Gasteiger partial charge in [-0.1, -0.05) is 12.1 Å². The summed E-state index contributed by atoms with van der Waals surface area (Å²) in [5, 5.41) is 0. The Morgan fingerprint density at radius 2 is 1.57 bits per heavy atom. The molecule has 0 heterocycles. The number of hydrogen-bond acceptors (Lipinski definition) is 5. The van der Waals surface area contributed by atoms with Crippen LogP contribution in [0.1, 0.15) is 48.5 Å². The van der Waals surface area contributed by atoms with Crippen molar-refractivity contribution in [3.63, 3.8) is 0 Å². The Hall–Kier alpha value is -3.24. The molecule has 2 unspecified atom stereocenters. The fourth-order valence-electron chi connectivity index (χ4n) is 4.06. The van der Waals surface area contributed by atoms with Gasteiger partial charge in [0.1, 0.15) is 23.0 Å². The van der Waals surface area contributed by atoms with Crippen molar-refractivity contribution in [2.24, 2.45) is 5.92 Å². The SMILES string of the molecule is CC(=O)c1cc(OC(F)(F)F)ccc1OC1CCC(CC(=O)Cc2cccc(OC(F)(F)F)c2)C1. The summed E-state index contributed by atoms with van der Waals surface area (Å²) < 4.78 is 88.1. The van der Waals surface area contributed by atoms with Crippen LogP contribution in [0, 0.1) is 5.92 Å². The first-order valence-corrected chi connectivity index (χ1v) is 10.7. The number of ketones is 2. The molecule has 1 fully saturated rings. The number of ether oxygens (including phenoxy) is 3. The summed E-state index contributed by atoms with van der Waals surface area (Å²) in [5.74, 6) is -1.48. The lowest BCUT2D eigenvalue weighted by Crippen LogP contribution is -2.18. The van der Waals surface area contributed by atoms with Gasteiger partial charge in [-0.25, -0.2) is 0 Å². The average Bonchev–Trinajstić information content (AvgIpc) is 3.13. The van der Waals surface area contributed by atoms with E-state index in [1.54, 1.807) is 0 Å². The third-order valence-corrected chi connectivity index (χ3v) is 5.40. The average molecular weight is 504 g/mol. The van der Waals surface area contributed by atoms with Crippen molar-refractivity contribution < 1.29 is 50.1 Å². The van der Waals surface area contributed by atoms with E-state index in [2.05, 4.69) is 9.47 Å². The standard InChI is InChI=1S/C24H22F6O5/c1-14(31)21-13-20(35-24(28,29)30)7-8-22(21)33-18-6-5-16(11-18)10-17(32)9-15-3-2-4-19(12-15)34-23(25,26)27/h2-4,7-8,12-13,16,18H,5-6,9-11H2,1H3. The number of halogens is 6. The highest BCUT2D eigenvalue weighted by Gasteiger charge is 2.33. The van der Waals surface area contributed by atoms with Gasteiger partial charge in [-0.15, -0.1) is 26.3 Å². The van der Waals surface area contributed by atoms with Crippen LogP contribution in [0.15, 0.2) is 42.5 Å². The van der Waals surface area contributed by atoms with Gasteiger partial charge < -0.3 is 14.2 Å². The molecule has 35 heavy (non-hydrogen) atoms. The van der Waals surface area contributed by atoms with E-state index < -0.39 is 30.0 Å². The highest BCUT2D eigenvalue weighted by molar-refractivity contribution is 5.97. The van der Waals surface area contributed by atoms with Gasteiger partial charge in [-0.2, -0.15) is 0 Å². The van der Waals surface area contributed by atoms with Gasteiger partial charge in [0.2, 0.25) is 0 Å². The maximum atomic E-state index is 12.5. The normalized spacial score (nSPS) is 18.3. The third-order valence-electron chi connectivity index (χ3n) is 5.40. The minimum atomic E-state index is -4.89. The molecule has 1 aliphatic carbocycles. The van der Waals surface area contributed by atoms with E-state index in [-0.39, 0.29) is 42.0 Å². The molecule has 0 aromatic heterocycles. The van der Waals surface area contributed by atoms with Crippen LogP contribution in [-0.2, 0) is 11.2 Å². The van der Waals surface area contributed by atoms with Crippen LogP contribution in [-0.4, -0.2) is 30.4 Å². The topological polar surface area (TPSA) is 61.8 Å². The minimum Gasteiger partial charge on any atom is -0.490 e. The van der Waals surface area contributed by atoms with Gasteiger partial charge in [0.25, 0.3) is 0 Å². The van der Waals surface area contributed by atoms with Crippen LogP contribution >= 0.6 is 0 Å². The summed E-state index contributed by atoms with van der Waals surface area (Å²) in [6, 6.07) is 8.50. The van der Waals surface area contributed by atoms with Crippen molar-refractivity contribution in [1.29, 1.82) is 0 Å². The Kier molecular flexibility index (Phi) is 7.97. The quantitative estimate of drug-likeness (QED) is 0.291. The molecule has 0 aliphatic heterocycles.